The molecule has 0 fully saturated rings. The number of rotatable bonds is 4. The first-order valence-electron chi connectivity index (χ1n) is 5.70. The van der Waals surface area contributed by atoms with Crippen LogP contribution in [0.3, 0.4) is 0 Å². The van der Waals surface area contributed by atoms with Crippen LogP contribution in [0.25, 0.3) is 0 Å². The molecule has 4 N–H and O–H groups in total. The maximum atomic E-state index is 11.7. The van der Waals surface area contributed by atoms with Crippen molar-refractivity contribution in [2.45, 2.75) is 6.54 Å². The highest BCUT2D eigenvalue weighted by Crippen LogP contribution is 2.23. The van der Waals surface area contributed by atoms with E-state index >= 15 is 0 Å². The highest BCUT2D eigenvalue weighted by Gasteiger charge is 2.06. The Labute approximate surface area is 115 Å². The number of nitrogens with two attached hydrogens (primary N) is 1. The number of nitrogens with one attached hydrogen (secondary N) is 2. The summed E-state index contributed by atoms with van der Waals surface area (Å²) >= 11 is 1.60. The maximum Gasteiger partial charge on any atom is 0.319 e. The molecule has 0 saturated carbocycles. The lowest BCUT2D eigenvalue weighted by atomic mass is 10.2. The van der Waals surface area contributed by atoms with E-state index in [1.807, 2.05) is 17.5 Å². The minimum Gasteiger partial charge on any atom is -0.497 e. The van der Waals surface area contributed by atoms with Crippen LogP contribution >= 0.6 is 11.3 Å². The van der Waals surface area contributed by atoms with Crippen LogP contribution in [0.1, 0.15) is 4.88 Å². The Bertz CT molecular complexity index is 555. The van der Waals surface area contributed by atoms with E-state index in [-0.39, 0.29) is 6.03 Å². The fraction of sp³-hybridized carbons (Fsp3) is 0.154. The monoisotopic (exact) mass is 277 g/mol. The summed E-state index contributed by atoms with van der Waals surface area (Å²) in [6, 6.07) is 8.73. The smallest absolute Gasteiger partial charge is 0.319 e. The van der Waals surface area contributed by atoms with Gasteiger partial charge < -0.3 is 21.1 Å². The van der Waals surface area contributed by atoms with E-state index in [0.717, 1.165) is 4.88 Å². The van der Waals surface area contributed by atoms with E-state index in [4.69, 9.17) is 10.5 Å². The molecule has 1 aromatic heterocycles. The summed E-state index contributed by atoms with van der Waals surface area (Å²) in [4.78, 5) is 12.8. The lowest BCUT2D eigenvalue weighted by Gasteiger charge is -2.10. The molecule has 2 rings (SSSR count). The predicted octanol–water partition coefficient (Wildman–Crippen LogP) is 2.66. The molecule has 0 atom stereocenters. The van der Waals surface area contributed by atoms with Gasteiger partial charge in [-0.1, -0.05) is 6.07 Å². The number of thiophene rings is 1. The van der Waals surface area contributed by atoms with Crippen molar-refractivity contribution in [2.75, 3.05) is 18.2 Å². The molecular weight excluding hydrogens is 262 g/mol. The number of hydrogen-bond acceptors (Lipinski definition) is 4. The molecule has 100 valence electrons. The number of ether oxygens (including phenoxy) is 1. The van der Waals surface area contributed by atoms with Crippen molar-refractivity contribution < 1.29 is 9.53 Å². The van der Waals surface area contributed by atoms with Gasteiger partial charge in [-0.15, -0.1) is 11.3 Å². The number of carbonyl (C=O) groups excluding carboxylic acids is 1. The quantitative estimate of drug-likeness (QED) is 0.752. The van der Waals surface area contributed by atoms with Crippen LogP contribution in [-0.4, -0.2) is 13.1 Å². The fourth-order valence-electron chi connectivity index (χ4n) is 1.53. The Morgan fingerprint density at radius 2 is 2.26 bits per heavy atom. The van der Waals surface area contributed by atoms with Gasteiger partial charge in [0.15, 0.2) is 0 Å². The normalized spacial score (nSPS) is 9.95. The van der Waals surface area contributed by atoms with Crippen LogP contribution in [0.2, 0.25) is 0 Å². The SMILES string of the molecule is COc1ccc(NC(=O)NCc2cccs2)c(N)c1. The molecule has 0 spiro atoms. The van der Waals surface area contributed by atoms with Crippen LogP contribution in [0, 0.1) is 0 Å². The number of nitrogen functional groups attached to an aromatic ring is 1. The van der Waals surface area contributed by atoms with Gasteiger partial charge in [-0.3, -0.25) is 0 Å². The van der Waals surface area contributed by atoms with Crippen molar-refractivity contribution in [1.82, 2.24) is 5.32 Å². The first-order valence-corrected chi connectivity index (χ1v) is 6.58. The third kappa shape index (κ3) is 3.62. The van der Waals surface area contributed by atoms with Crippen LogP contribution in [-0.2, 0) is 6.54 Å². The van der Waals surface area contributed by atoms with Crippen LogP contribution in [0.5, 0.6) is 5.75 Å². The lowest BCUT2D eigenvalue weighted by Crippen LogP contribution is -2.28. The highest BCUT2D eigenvalue weighted by molar-refractivity contribution is 7.09. The van der Waals surface area contributed by atoms with Gasteiger partial charge in [0, 0.05) is 10.9 Å². The molecule has 0 bridgehead atoms. The minimum absolute atomic E-state index is 0.287. The number of anilines is 2. The minimum atomic E-state index is -0.287. The molecule has 0 aliphatic carbocycles. The zero-order chi connectivity index (χ0) is 13.7. The Balaban J connectivity index is 1.91. The maximum absolute atomic E-state index is 11.7. The molecule has 5 nitrogen and oxygen atoms in total. The number of hydrogen-bond donors (Lipinski definition) is 3. The zero-order valence-corrected chi connectivity index (χ0v) is 11.3. The van der Waals surface area contributed by atoms with E-state index in [0.29, 0.717) is 23.7 Å². The summed E-state index contributed by atoms with van der Waals surface area (Å²) in [5, 5.41) is 7.43. The van der Waals surface area contributed by atoms with Crippen molar-refractivity contribution in [3.8, 4) is 5.75 Å². The molecule has 1 aromatic carbocycles. The second-order valence-electron chi connectivity index (χ2n) is 3.84. The van der Waals surface area contributed by atoms with Gasteiger partial charge in [0.1, 0.15) is 5.75 Å². The number of urea groups is 1. The van der Waals surface area contributed by atoms with Crippen molar-refractivity contribution in [3.63, 3.8) is 0 Å². The number of methoxy groups -OCH3 is 1. The van der Waals surface area contributed by atoms with Crippen molar-refractivity contribution >= 4 is 28.7 Å². The van der Waals surface area contributed by atoms with Crippen LogP contribution in [0.4, 0.5) is 16.2 Å². The standard InChI is InChI=1S/C13H15N3O2S/c1-18-9-4-5-12(11(14)7-9)16-13(17)15-8-10-3-2-6-19-10/h2-7H,8,14H2,1H3,(H2,15,16,17). The summed E-state index contributed by atoms with van der Waals surface area (Å²) < 4.78 is 5.04. The van der Waals surface area contributed by atoms with Gasteiger partial charge in [-0.05, 0) is 23.6 Å². The average molecular weight is 277 g/mol. The number of benzene rings is 1. The largest absolute Gasteiger partial charge is 0.497 e. The molecule has 2 aromatic rings. The van der Waals surface area contributed by atoms with E-state index in [1.54, 1.807) is 36.6 Å². The summed E-state index contributed by atoms with van der Waals surface area (Å²) in [6.45, 7) is 0.500. The van der Waals surface area contributed by atoms with E-state index in [9.17, 15) is 4.79 Å². The van der Waals surface area contributed by atoms with Crippen molar-refractivity contribution in [3.05, 3.63) is 40.6 Å². The molecule has 19 heavy (non-hydrogen) atoms. The molecule has 0 saturated heterocycles. The van der Waals surface area contributed by atoms with Crippen LogP contribution < -0.4 is 21.1 Å². The van der Waals surface area contributed by atoms with Gasteiger partial charge in [0.2, 0.25) is 0 Å². The lowest BCUT2D eigenvalue weighted by molar-refractivity contribution is 0.252. The zero-order valence-electron chi connectivity index (χ0n) is 10.5. The van der Waals surface area contributed by atoms with E-state index in [1.165, 1.54) is 0 Å². The van der Waals surface area contributed by atoms with Crippen LogP contribution in [0.15, 0.2) is 35.7 Å². The summed E-state index contributed by atoms with van der Waals surface area (Å²) in [5.41, 5.74) is 6.84. The Morgan fingerprint density at radius 1 is 1.42 bits per heavy atom. The third-order valence-electron chi connectivity index (χ3n) is 2.51. The fourth-order valence-corrected chi connectivity index (χ4v) is 2.17. The van der Waals surface area contributed by atoms with Crippen molar-refractivity contribution in [1.29, 1.82) is 0 Å². The van der Waals surface area contributed by atoms with Gasteiger partial charge in [-0.2, -0.15) is 0 Å². The molecule has 0 aliphatic rings. The molecule has 0 radical (unpaired) electrons. The molecule has 0 unspecified atom stereocenters. The van der Waals surface area contributed by atoms with Gasteiger partial charge in [-0.25, -0.2) is 4.79 Å². The Morgan fingerprint density at radius 3 is 2.89 bits per heavy atom. The van der Waals surface area contributed by atoms with E-state index in [2.05, 4.69) is 10.6 Å². The van der Waals surface area contributed by atoms with Gasteiger partial charge in [0.25, 0.3) is 0 Å². The van der Waals surface area contributed by atoms with Gasteiger partial charge in [0.05, 0.1) is 25.0 Å². The Kier molecular flexibility index (Phi) is 4.25. The highest BCUT2D eigenvalue weighted by atomic mass is 32.1. The Hall–Kier alpha value is -2.21. The summed E-state index contributed by atoms with van der Waals surface area (Å²) in [5.74, 6) is 0.655. The topological polar surface area (TPSA) is 76.4 Å². The summed E-state index contributed by atoms with van der Waals surface area (Å²) in [6.07, 6.45) is 0. The second kappa shape index (κ2) is 6.10. The van der Waals surface area contributed by atoms with Crippen molar-refractivity contribution in [2.24, 2.45) is 0 Å². The number of amides is 2. The third-order valence-corrected chi connectivity index (χ3v) is 3.39. The second-order valence-corrected chi connectivity index (χ2v) is 4.87. The first-order chi connectivity index (χ1) is 9.19. The summed E-state index contributed by atoms with van der Waals surface area (Å²) in [7, 11) is 1.57. The first kappa shape index (κ1) is 13.2. The molecule has 1 heterocycles. The molecule has 0 aliphatic heterocycles. The molecule has 6 heteroatoms. The molecule has 2 amide bonds. The number of carbonyl (C=O) groups is 1. The molecular formula is C13H15N3O2S. The average Bonchev–Trinajstić information content (AvgIpc) is 2.92. The van der Waals surface area contributed by atoms with Gasteiger partial charge >= 0.3 is 6.03 Å². The predicted molar refractivity (Wildman–Crippen MR) is 77.6 cm³/mol. The van der Waals surface area contributed by atoms with E-state index < -0.39 is 0 Å².